The number of fused-ring (bicyclic) bond motifs is 1. The van der Waals surface area contributed by atoms with Gasteiger partial charge in [0.15, 0.2) is 5.78 Å². The zero-order valence-corrected chi connectivity index (χ0v) is 14.6. The predicted octanol–water partition coefficient (Wildman–Crippen LogP) is 4.58. The standard InChI is InChI=1S/C18H15F3N2O2S/c1-2-4-13(24)14-9-12-16(26-14)17(25)23-15(22-12)8-10-5-3-6-11(7-10)18(19,20)21/h3,5-7,9H,2,4,8H2,1H3,(H,22,23,25). The maximum atomic E-state index is 12.8. The van der Waals surface area contributed by atoms with Gasteiger partial charge in [0.05, 0.1) is 16.0 Å². The lowest BCUT2D eigenvalue weighted by atomic mass is 10.1. The summed E-state index contributed by atoms with van der Waals surface area (Å²) in [6.45, 7) is 1.89. The van der Waals surface area contributed by atoms with Gasteiger partial charge in [-0.2, -0.15) is 13.2 Å². The first-order valence-electron chi connectivity index (χ1n) is 8.00. The number of thiophene rings is 1. The molecule has 1 N–H and O–H groups in total. The van der Waals surface area contributed by atoms with Gasteiger partial charge in [-0.3, -0.25) is 9.59 Å². The number of halogens is 3. The minimum absolute atomic E-state index is 0.0469. The zero-order chi connectivity index (χ0) is 18.9. The molecule has 136 valence electrons. The summed E-state index contributed by atoms with van der Waals surface area (Å²) in [5, 5.41) is 0. The highest BCUT2D eigenvalue weighted by molar-refractivity contribution is 7.20. The summed E-state index contributed by atoms with van der Waals surface area (Å²) in [5.41, 5.74) is -0.362. The first-order chi connectivity index (χ1) is 12.3. The summed E-state index contributed by atoms with van der Waals surface area (Å²) in [7, 11) is 0. The third-order valence-corrected chi connectivity index (χ3v) is 4.97. The Hall–Kier alpha value is -2.48. The maximum absolute atomic E-state index is 12.8. The van der Waals surface area contributed by atoms with E-state index in [2.05, 4.69) is 9.97 Å². The molecule has 0 saturated carbocycles. The number of carbonyl (C=O) groups is 1. The number of hydrogen-bond donors (Lipinski definition) is 1. The molecule has 0 aliphatic carbocycles. The van der Waals surface area contributed by atoms with Gasteiger partial charge in [-0.25, -0.2) is 4.98 Å². The molecule has 0 fully saturated rings. The van der Waals surface area contributed by atoms with E-state index in [0.717, 1.165) is 23.5 Å². The fourth-order valence-corrected chi connectivity index (χ4v) is 3.57. The Bertz CT molecular complexity index is 1020. The highest BCUT2D eigenvalue weighted by Gasteiger charge is 2.30. The van der Waals surface area contributed by atoms with Crippen LogP contribution in [0.1, 0.15) is 46.4 Å². The molecule has 8 heteroatoms. The van der Waals surface area contributed by atoms with Crippen molar-refractivity contribution < 1.29 is 18.0 Å². The normalized spacial score (nSPS) is 11.8. The second-order valence-corrected chi connectivity index (χ2v) is 6.94. The largest absolute Gasteiger partial charge is 0.416 e. The number of Topliss-reactive ketones (excluding diaryl/α,β-unsaturated/α-hetero) is 1. The van der Waals surface area contributed by atoms with Crippen molar-refractivity contribution in [3.8, 4) is 0 Å². The maximum Gasteiger partial charge on any atom is 0.416 e. The second kappa shape index (κ2) is 7.03. The van der Waals surface area contributed by atoms with Gasteiger partial charge in [-0.15, -0.1) is 11.3 Å². The monoisotopic (exact) mass is 380 g/mol. The van der Waals surface area contributed by atoms with Crippen LogP contribution in [0.15, 0.2) is 35.1 Å². The van der Waals surface area contributed by atoms with Gasteiger partial charge in [0.25, 0.3) is 5.56 Å². The van der Waals surface area contributed by atoms with Crippen LogP contribution in [0.25, 0.3) is 10.2 Å². The SMILES string of the molecule is CCCC(=O)c1cc2nc(Cc3cccc(C(F)(F)F)c3)[nH]c(=O)c2s1. The number of carbonyl (C=O) groups excluding carboxylic acids is 1. The number of rotatable bonds is 5. The Morgan fingerprint density at radius 3 is 2.73 bits per heavy atom. The van der Waals surface area contributed by atoms with Crippen LogP contribution in [0.2, 0.25) is 0 Å². The van der Waals surface area contributed by atoms with E-state index in [1.807, 2.05) is 6.92 Å². The van der Waals surface area contributed by atoms with Gasteiger partial charge < -0.3 is 4.98 Å². The highest BCUT2D eigenvalue weighted by Crippen LogP contribution is 2.30. The number of benzene rings is 1. The lowest BCUT2D eigenvalue weighted by Gasteiger charge is -2.08. The van der Waals surface area contributed by atoms with E-state index < -0.39 is 17.3 Å². The van der Waals surface area contributed by atoms with E-state index in [1.54, 1.807) is 12.1 Å². The molecule has 3 aromatic rings. The fourth-order valence-electron chi connectivity index (χ4n) is 2.61. The fraction of sp³-hybridized carbons (Fsp3) is 0.278. The van der Waals surface area contributed by atoms with Crippen LogP contribution in [0.5, 0.6) is 0 Å². The van der Waals surface area contributed by atoms with Crippen molar-refractivity contribution in [2.24, 2.45) is 0 Å². The molecule has 0 amide bonds. The van der Waals surface area contributed by atoms with Crippen LogP contribution in [-0.2, 0) is 12.6 Å². The van der Waals surface area contributed by atoms with Crippen LogP contribution in [0.4, 0.5) is 13.2 Å². The first-order valence-corrected chi connectivity index (χ1v) is 8.81. The predicted molar refractivity (Wildman–Crippen MR) is 93.7 cm³/mol. The van der Waals surface area contributed by atoms with E-state index in [9.17, 15) is 22.8 Å². The van der Waals surface area contributed by atoms with E-state index in [0.29, 0.717) is 33.5 Å². The number of hydrogen-bond acceptors (Lipinski definition) is 4. The average molecular weight is 380 g/mol. The molecule has 0 radical (unpaired) electrons. The molecule has 0 bridgehead atoms. The van der Waals surface area contributed by atoms with Crippen LogP contribution in [-0.4, -0.2) is 15.8 Å². The van der Waals surface area contributed by atoms with Crippen molar-refractivity contribution in [2.75, 3.05) is 0 Å². The summed E-state index contributed by atoms with van der Waals surface area (Å²) in [6, 6.07) is 6.47. The highest BCUT2D eigenvalue weighted by atomic mass is 32.1. The molecule has 3 rings (SSSR count). The number of alkyl halides is 3. The molecule has 2 heterocycles. The van der Waals surface area contributed by atoms with Crippen LogP contribution in [0.3, 0.4) is 0 Å². The molecule has 2 aromatic heterocycles. The van der Waals surface area contributed by atoms with Crippen molar-refractivity contribution in [1.82, 2.24) is 9.97 Å². The van der Waals surface area contributed by atoms with Crippen molar-refractivity contribution in [3.05, 3.63) is 62.5 Å². The molecule has 0 aliphatic rings. The van der Waals surface area contributed by atoms with Crippen molar-refractivity contribution in [2.45, 2.75) is 32.4 Å². The smallest absolute Gasteiger partial charge is 0.309 e. The molecule has 26 heavy (non-hydrogen) atoms. The molecule has 4 nitrogen and oxygen atoms in total. The topological polar surface area (TPSA) is 62.8 Å². The summed E-state index contributed by atoms with van der Waals surface area (Å²) in [4.78, 5) is 31.6. The van der Waals surface area contributed by atoms with E-state index in [1.165, 1.54) is 6.07 Å². The summed E-state index contributed by atoms with van der Waals surface area (Å²) >= 11 is 1.09. The van der Waals surface area contributed by atoms with Crippen LogP contribution < -0.4 is 5.56 Å². The third kappa shape index (κ3) is 3.85. The number of nitrogens with one attached hydrogen (secondary N) is 1. The molecule has 1 aromatic carbocycles. The Morgan fingerprint density at radius 1 is 1.27 bits per heavy atom. The summed E-state index contributed by atoms with van der Waals surface area (Å²) in [5.74, 6) is 0.212. The molecule has 0 aliphatic heterocycles. The van der Waals surface area contributed by atoms with E-state index in [4.69, 9.17) is 0 Å². The third-order valence-electron chi connectivity index (χ3n) is 3.81. The van der Waals surface area contributed by atoms with Gasteiger partial charge in [-0.05, 0) is 24.1 Å². The van der Waals surface area contributed by atoms with Gasteiger partial charge >= 0.3 is 6.18 Å². The Balaban J connectivity index is 1.94. The number of aromatic nitrogens is 2. The Labute approximate surface area is 150 Å². The number of H-pyrrole nitrogens is 1. The molecule has 0 saturated heterocycles. The van der Waals surface area contributed by atoms with Gasteiger partial charge in [0, 0.05) is 12.8 Å². The number of ketones is 1. The molecule has 0 atom stereocenters. The van der Waals surface area contributed by atoms with Crippen molar-refractivity contribution >= 4 is 27.3 Å². The van der Waals surface area contributed by atoms with Crippen LogP contribution >= 0.6 is 11.3 Å². The number of aromatic amines is 1. The van der Waals surface area contributed by atoms with Gasteiger partial charge in [0.2, 0.25) is 0 Å². The number of nitrogens with zero attached hydrogens (tertiary/aromatic N) is 1. The summed E-state index contributed by atoms with van der Waals surface area (Å²) in [6.07, 6.45) is -3.27. The first kappa shape index (κ1) is 18.3. The van der Waals surface area contributed by atoms with Gasteiger partial charge in [-0.1, -0.05) is 25.1 Å². The zero-order valence-electron chi connectivity index (χ0n) is 13.8. The van der Waals surface area contributed by atoms with Crippen molar-refractivity contribution in [1.29, 1.82) is 0 Å². The second-order valence-electron chi connectivity index (χ2n) is 5.89. The minimum atomic E-state index is -4.43. The quantitative estimate of drug-likeness (QED) is 0.659. The Morgan fingerprint density at radius 2 is 2.04 bits per heavy atom. The molecular formula is C18H15F3N2O2S. The minimum Gasteiger partial charge on any atom is -0.309 e. The molecular weight excluding hydrogens is 365 g/mol. The summed E-state index contributed by atoms with van der Waals surface area (Å²) < 4.78 is 38.8. The van der Waals surface area contributed by atoms with Crippen molar-refractivity contribution in [3.63, 3.8) is 0 Å². The lowest BCUT2D eigenvalue weighted by molar-refractivity contribution is -0.137. The lowest BCUT2D eigenvalue weighted by Crippen LogP contribution is -2.11. The van der Waals surface area contributed by atoms with E-state index in [-0.39, 0.29) is 18.0 Å². The Kier molecular flexibility index (Phi) is 4.95. The van der Waals surface area contributed by atoms with E-state index >= 15 is 0 Å². The van der Waals surface area contributed by atoms with Crippen LogP contribution in [0, 0.1) is 0 Å². The average Bonchev–Trinajstić information content (AvgIpc) is 2.99. The molecule has 0 unspecified atom stereocenters. The molecule has 0 spiro atoms. The van der Waals surface area contributed by atoms with Gasteiger partial charge in [0.1, 0.15) is 10.5 Å².